The highest BCUT2D eigenvalue weighted by Gasteiger charge is 2.43. The standard InChI is InChI=1S/C28H28FN3O2/c1-17(32-15-4-5-16-32)18-9-11-19(12-10-18)23-14-13-21-24(28(2,3)27(30)33)20-7-6-8-22(29)25(20)34-26(21)31-23/h6-14,24H,1,4-5,15-16H2,2-3H3,(H2,30,33)/t24-/m0/s1. The molecule has 2 aliphatic rings. The first kappa shape index (κ1) is 22.1. The number of carbonyl (C=O) groups is 1. The molecule has 2 aromatic carbocycles. The van der Waals surface area contributed by atoms with Crippen molar-refractivity contribution >= 4 is 11.6 Å². The molecule has 0 saturated carbocycles. The summed E-state index contributed by atoms with van der Waals surface area (Å²) in [6.45, 7) is 9.89. The van der Waals surface area contributed by atoms with Crippen molar-refractivity contribution in [3.8, 4) is 22.9 Å². The third kappa shape index (κ3) is 3.63. The highest BCUT2D eigenvalue weighted by atomic mass is 19.1. The summed E-state index contributed by atoms with van der Waals surface area (Å²) in [6.07, 6.45) is 2.40. The number of aromatic nitrogens is 1. The van der Waals surface area contributed by atoms with Crippen molar-refractivity contribution in [2.24, 2.45) is 11.1 Å². The Bertz CT molecular complexity index is 1280. The molecule has 1 saturated heterocycles. The zero-order chi connectivity index (χ0) is 24.0. The van der Waals surface area contributed by atoms with Crippen molar-refractivity contribution in [2.45, 2.75) is 32.6 Å². The van der Waals surface area contributed by atoms with Gasteiger partial charge < -0.3 is 15.4 Å². The fourth-order valence-electron chi connectivity index (χ4n) is 4.96. The minimum absolute atomic E-state index is 0.0937. The number of nitrogens with two attached hydrogens (primary N) is 1. The number of carbonyl (C=O) groups excluding carboxylic acids is 1. The summed E-state index contributed by atoms with van der Waals surface area (Å²) in [6, 6.07) is 16.6. The third-order valence-electron chi connectivity index (χ3n) is 7.07. The summed E-state index contributed by atoms with van der Waals surface area (Å²) in [4.78, 5) is 19.4. The van der Waals surface area contributed by atoms with Gasteiger partial charge >= 0.3 is 0 Å². The molecular formula is C28H28FN3O2. The zero-order valence-electron chi connectivity index (χ0n) is 19.5. The molecule has 6 heteroatoms. The van der Waals surface area contributed by atoms with Gasteiger partial charge in [-0.15, -0.1) is 0 Å². The number of para-hydroxylation sites is 1. The lowest BCUT2D eigenvalue weighted by Crippen LogP contribution is -2.38. The van der Waals surface area contributed by atoms with E-state index < -0.39 is 23.1 Å². The maximum absolute atomic E-state index is 14.7. The Labute approximate surface area is 199 Å². The summed E-state index contributed by atoms with van der Waals surface area (Å²) in [5, 5.41) is 0. The summed E-state index contributed by atoms with van der Waals surface area (Å²) in [5.41, 5.74) is 9.82. The molecule has 1 amide bonds. The SMILES string of the molecule is C=C(c1ccc(-c2ccc3c(n2)Oc2c(F)cccc2[C@@H]3C(C)(C)C(N)=O)cc1)N1CCCC1. The number of fused-ring (bicyclic) bond motifs is 2. The number of hydrogen-bond acceptors (Lipinski definition) is 4. The number of pyridine rings is 1. The van der Waals surface area contributed by atoms with Crippen LogP contribution in [0.1, 0.15) is 49.3 Å². The Morgan fingerprint density at radius 2 is 1.79 bits per heavy atom. The highest BCUT2D eigenvalue weighted by Crippen LogP contribution is 2.52. The molecule has 3 heterocycles. The van der Waals surface area contributed by atoms with Crippen LogP contribution in [0.15, 0.2) is 61.2 Å². The number of likely N-dealkylation sites (tertiary alicyclic amines) is 1. The number of halogens is 1. The molecule has 0 unspecified atom stereocenters. The molecule has 0 radical (unpaired) electrons. The van der Waals surface area contributed by atoms with Crippen LogP contribution >= 0.6 is 0 Å². The molecule has 5 nitrogen and oxygen atoms in total. The number of primary amides is 1. The topological polar surface area (TPSA) is 68.5 Å². The monoisotopic (exact) mass is 457 g/mol. The second-order valence-electron chi connectivity index (χ2n) is 9.59. The van der Waals surface area contributed by atoms with Gasteiger partial charge in [0.15, 0.2) is 11.6 Å². The van der Waals surface area contributed by atoms with E-state index in [2.05, 4.69) is 11.5 Å². The van der Waals surface area contributed by atoms with E-state index in [-0.39, 0.29) is 5.75 Å². The lowest BCUT2D eigenvalue weighted by molar-refractivity contribution is -0.126. The molecule has 2 aliphatic heterocycles. The Morgan fingerprint density at radius 1 is 1.09 bits per heavy atom. The van der Waals surface area contributed by atoms with Crippen molar-refractivity contribution in [1.82, 2.24) is 9.88 Å². The lowest BCUT2D eigenvalue weighted by Gasteiger charge is -2.36. The van der Waals surface area contributed by atoms with Crippen molar-refractivity contribution in [2.75, 3.05) is 13.1 Å². The molecular weight excluding hydrogens is 429 g/mol. The number of nitrogens with zero attached hydrogens (tertiary/aromatic N) is 2. The van der Waals surface area contributed by atoms with Gasteiger partial charge in [0.25, 0.3) is 0 Å². The molecule has 1 aromatic heterocycles. The second-order valence-corrected chi connectivity index (χ2v) is 9.59. The predicted molar refractivity (Wildman–Crippen MR) is 131 cm³/mol. The normalized spacial score (nSPS) is 17.0. The van der Waals surface area contributed by atoms with Crippen LogP contribution in [0.3, 0.4) is 0 Å². The highest BCUT2D eigenvalue weighted by molar-refractivity contribution is 5.83. The van der Waals surface area contributed by atoms with E-state index in [4.69, 9.17) is 15.5 Å². The van der Waals surface area contributed by atoms with Gasteiger partial charge in [-0.3, -0.25) is 4.79 Å². The van der Waals surface area contributed by atoms with Crippen LogP contribution in [0, 0.1) is 11.2 Å². The number of benzene rings is 2. The van der Waals surface area contributed by atoms with Crippen molar-refractivity contribution in [3.63, 3.8) is 0 Å². The van der Waals surface area contributed by atoms with Crippen LogP contribution in [0.2, 0.25) is 0 Å². The van der Waals surface area contributed by atoms with Gasteiger partial charge in [0.05, 0.1) is 11.1 Å². The van der Waals surface area contributed by atoms with Gasteiger partial charge in [-0.2, -0.15) is 0 Å². The van der Waals surface area contributed by atoms with Gasteiger partial charge in [-0.1, -0.05) is 62.9 Å². The van der Waals surface area contributed by atoms with Crippen LogP contribution in [-0.2, 0) is 4.79 Å². The molecule has 5 rings (SSSR count). The predicted octanol–water partition coefficient (Wildman–Crippen LogP) is 5.70. The van der Waals surface area contributed by atoms with Gasteiger partial charge in [-0.05, 0) is 30.5 Å². The molecule has 2 N–H and O–H groups in total. The zero-order valence-corrected chi connectivity index (χ0v) is 19.5. The van der Waals surface area contributed by atoms with Crippen LogP contribution < -0.4 is 10.5 Å². The quantitative estimate of drug-likeness (QED) is 0.533. The molecule has 174 valence electrons. The first-order chi connectivity index (χ1) is 16.3. The first-order valence-corrected chi connectivity index (χ1v) is 11.6. The maximum Gasteiger partial charge on any atom is 0.224 e. The average Bonchev–Trinajstić information content (AvgIpc) is 3.37. The van der Waals surface area contributed by atoms with Crippen LogP contribution in [0.4, 0.5) is 4.39 Å². The van der Waals surface area contributed by atoms with Crippen molar-refractivity contribution in [1.29, 1.82) is 0 Å². The Kier molecular flexibility index (Phi) is 5.39. The van der Waals surface area contributed by atoms with Gasteiger partial charge in [0, 0.05) is 41.4 Å². The summed E-state index contributed by atoms with van der Waals surface area (Å²) in [5.74, 6) is -1.06. The van der Waals surface area contributed by atoms with Crippen LogP contribution in [-0.4, -0.2) is 28.9 Å². The van der Waals surface area contributed by atoms with E-state index in [1.54, 1.807) is 26.0 Å². The smallest absolute Gasteiger partial charge is 0.224 e. The number of ether oxygens (including phenoxy) is 1. The van der Waals surface area contributed by atoms with Crippen molar-refractivity contribution in [3.05, 3.63) is 83.7 Å². The fourth-order valence-corrected chi connectivity index (χ4v) is 4.96. The minimum atomic E-state index is -0.970. The van der Waals surface area contributed by atoms with Crippen LogP contribution in [0.5, 0.6) is 11.6 Å². The van der Waals surface area contributed by atoms with Gasteiger partial charge in [-0.25, -0.2) is 9.37 Å². The molecule has 1 fully saturated rings. The molecule has 1 atom stereocenters. The number of amides is 1. The third-order valence-corrected chi connectivity index (χ3v) is 7.07. The Morgan fingerprint density at radius 3 is 2.47 bits per heavy atom. The second kappa shape index (κ2) is 8.28. The molecule has 34 heavy (non-hydrogen) atoms. The maximum atomic E-state index is 14.7. The van der Waals surface area contributed by atoms with Gasteiger partial charge in [0.1, 0.15) is 0 Å². The van der Waals surface area contributed by atoms with E-state index in [0.29, 0.717) is 22.7 Å². The minimum Gasteiger partial charge on any atom is -0.435 e. The Hall–Kier alpha value is -3.67. The van der Waals surface area contributed by atoms with Crippen molar-refractivity contribution < 1.29 is 13.9 Å². The fraction of sp³-hybridized carbons (Fsp3) is 0.286. The average molecular weight is 458 g/mol. The molecule has 0 bridgehead atoms. The van der Waals surface area contributed by atoms with E-state index in [9.17, 15) is 9.18 Å². The molecule has 0 spiro atoms. The molecule has 0 aliphatic carbocycles. The summed E-state index contributed by atoms with van der Waals surface area (Å²) >= 11 is 0. The van der Waals surface area contributed by atoms with E-state index >= 15 is 0 Å². The number of rotatable bonds is 5. The summed E-state index contributed by atoms with van der Waals surface area (Å²) < 4.78 is 20.7. The van der Waals surface area contributed by atoms with E-state index in [1.165, 1.54) is 18.9 Å². The largest absolute Gasteiger partial charge is 0.435 e. The lowest BCUT2D eigenvalue weighted by atomic mass is 9.70. The van der Waals surface area contributed by atoms with Crippen LogP contribution in [0.25, 0.3) is 17.0 Å². The number of hydrogen-bond donors (Lipinski definition) is 1. The van der Waals surface area contributed by atoms with E-state index in [1.807, 2.05) is 36.4 Å². The summed E-state index contributed by atoms with van der Waals surface area (Å²) in [7, 11) is 0. The molecule has 3 aromatic rings. The van der Waals surface area contributed by atoms with E-state index in [0.717, 1.165) is 29.9 Å². The van der Waals surface area contributed by atoms with Gasteiger partial charge in [0.2, 0.25) is 11.8 Å². The Balaban J connectivity index is 1.52. The first-order valence-electron chi connectivity index (χ1n) is 11.6.